The molecule has 20 heavy (non-hydrogen) atoms. The van der Waals surface area contributed by atoms with Gasteiger partial charge < -0.3 is 4.90 Å². The van der Waals surface area contributed by atoms with Crippen molar-refractivity contribution in [2.24, 2.45) is 0 Å². The van der Waals surface area contributed by atoms with Gasteiger partial charge in [-0.25, -0.2) is 4.98 Å². The van der Waals surface area contributed by atoms with Crippen LogP contribution in [0.2, 0.25) is 0 Å². The van der Waals surface area contributed by atoms with Gasteiger partial charge in [-0.2, -0.15) is 4.52 Å². The SMILES string of the molecule is Cc1cc(=O)n2nc(N(C)Cc3ccncc3)sc2n1. The standard InChI is InChI=1S/C13H13N5OS/c1-9-7-11(19)18-12(15-9)20-13(16-18)17(2)8-10-3-5-14-6-4-10/h3-7H,8H2,1-2H3. The summed E-state index contributed by atoms with van der Waals surface area (Å²) in [5.74, 6) is 0. The third kappa shape index (κ3) is 2.39. The van der Waals surface area contributed by atoms with Crippen LogP contribution in [0.5, 0.6) is 0 Å². The van der Waals surface area contributed by atoms with Crippen molar-refractivity contribution in [2.75, 3.05) is 11.9 Å². The van der Waals surface area contributed by atoms with Crippen LogP contribution >= 0.6 is 11.3 Å². The van der Waals surface area contributed by atoms with Crippen molar-refractivity contribution in [1.82, 2.24) is 19.6 Å². The van der Waals surface area contributed by atoms with Crippen molar-refractivity contribution in [1.29, 1.82) is 0 Å². The zero-order valence-electron chi connectivity index (χ0n) is 11.1. The van der Waals surface area contributed by atoms with Crippen LogP contribution in [-0.4, -0.2) is 26.6 Å². The lowest BCUT2D eigenvalue weighted by Crippen LogP contribution is -2.18. The fourth-order valence-electron chi connectivity index (χ4n) is 1.89. The first-order chi connectivity index (χ1) is 9.63. The highest BCUT2D eigenvalue weighted by atomic mass is 32.1. The van der Waals surface area contributed by atoms with Gasteiger partial charge in [0.15, 0.2) is 0 Å². The van der Waals surface area contributed by atoms with E-state index in [1.165, 1.54) is 21.9 Å². The predicted molar refractivity (Wildman–Crippen MR) is 78.2 cm³/mol. The number of pyridine rings is 1. The van der Waals surface area contributed by atoms with Crippen LogP contribution in [0.25, 0.3) is 4.96 Å². The molecule has 0 atom stereocenters. The summed E-state index contributed by atoms with van der Waals surface area (Å²) >= 11 is 1.40. The average molecular weight is 287 g/mol. The summed E-state index contributed by atoms with van der Waals surface area (Å²) in [5, 5.41) is 5.08. The fraction of sp³-hybridized carbons (Fsp3) is 0.231. The Bertz CT molecular complexity index is 795. The Morgan fingerprint density at radius 2 is 2.10 bits per heavy atom. The summed E-state index contributed by atoms with van der Waals surface area (Å²) in [4.78, 5) is 22.8. The molecule has 0 aromatic carbocycles. The van der Waals surface area contributed by atoms with Crippen LogP contribution in [0, 0.1) is 6.92 Å². The Kier molecular flexibility index (Phi) is 3.19. The second kappa shape index (κ2) is 5.01. The normalized spacial score (nSPS) is 10.9. The first kappa shape index (κ1) is 12.7. The number of aryl methyl sites for hydroxylation is 1. The highest BCUT2D eigenvalue weighted by molar-refractivity contribution is 7.20. The Morgan fingerprint density at radius 1 is 1.35 bits per heavy atom. The van der Waals surface area contributed by atoms with E-state index in [4.69, 9.17) is 0 Å². The highest BCUT2D eigenvalue weighted by Crippen LogP contribution is 2.21. The van der Waals surface area contributed by atoms with E-state index in [1.807, 2.05) is 31.0 Å². The second-order valence-corrected chi connectivity index (χ2v) is 5.46. The molecule has 0 saturated carbocycles. The van der Waals surface area contributed by atoms with E-state index in [0.717, 1.165) is 10.7 Å². The van der Waals surface area contributed by atoms with Crippen molar-refractivity contribution in [3.63, 3.8) is 0 Å². The monoisotopic (exact) mass is 287 g/mol. The van der Waals surface area contributed by atoms with Crippen LogP contribution in [0.4, 0.5) is 5.13 Å². The maximum Gasteiger partial charge on any atom is 0.275 e. The van der Waals surface area contributed by atoms with Gasteiger partial charge in [-0.3, -0.25) is 9.78 Å². The van der Waals surface area contributed by atoms with E-state index in [-0.39, 0.29) is 5.56 Å². The van der Waals surface area contributed by atoms with E-state index in [1.54, 1.807) is 12.4 Å². The summed E-state index contributed by atoms with van der Waals surface area (Å²) in [6, 6.07) is 5.40. The molecule has 3 aromatic heterocycles. The molecule has 0 spiro atoms. The summed E-state index contributed by atoms with van der Waals surface area (Å²) in [6.07, 6.45) is 3.52. The molecule has 0 aliphatic heterocycles. The van der Waals surface area contributed by atoms with Gasteiger partial charge in [0, 0.05) is 37.7 Å². The molecule has 0 bridgehead atoms. The average Bonchev–Trinajstić information content (AvgIpc) is 2.84. The number of aromatic nitrogens is 4. The molecular weight excluding hydrogens is 274 g/mol. The summed E-state index contributed by atoms with van der Waals surface area (Å²) in [7, 11) is 1.94. The smallest absolute Gasteiger partial charge is 0.275 e. The lowest BCUT2D eigenvalue weighted by Gasteiger charge is -2.14. The van der Waals surface area contributed by atoms with Gasteiger partial charge in [0.2, 0.25) is 10.1 Å². The van der Waals surface area contributed by atoms with Gasteiger partial charge >= 0.3 is 0 Å². The van der Waals surface area contributed by atoms with Gasteiger partial charge in [0.05, 0.1) is 0 Å². The number of nitrogens with zero attached hydrogens (tertiary/aromatic N) is 5. The summed E-state index contributed by atoms with van der Waals surface area (Å²) < 4.78 is 1.34. The molecule has 0 unspecified atom stereocenters. The number of hydrogen-bond acceptors (Lipinski definition) is 6. The van der Waals surface area contributed by atoms with Crippen molar-refractivity contribution in [3.05, 3.63) is 52.2 Å². The maximum atomic E-state index is 11.8. The van der Waals surface area contributed by atoms with Crippen LogP contribution in [0.1, 0.15) is 11.3 Å². The summed E-state index contributed by atoms with van der Waals surface area (Å²) in [5.41, 5.74) is 1.70. The fourth-order valence-corrected chi connectivity index (χ4v) is 2.81. The molecule has 0 N–H and O–H groups in total. The van der Waals surface area contributed by atoms with Gasteiger partial charge in [-0.1, -0.05) is 11.3 Å². The van der Waals surface area contributed by atoms with Crippen molar-refractivity contribution < 1.29 is 0 Å². The number of hydrogen-bond donors (Lipinski definition) is 0. The van der Waals surface area contributed by atoms with Gasteiger partial charge in [-0.05, 0) is 24.6 Å². The number of fused-ring (bicyclic) bond motifs is 1. The third-order valence-electron chi connectivity index (χ3n) is 2.86. The second-order valence-electron chi connectivity index (χ2n) is 4.53. The molecule has 0 saturated heterocycles. The van der Waals surface area contributed by atoms with Gasteiger partial charge in [-0.15, -0.1) is 5.10 Å². The molecule has 0 amide bonds. The predicted octanol–water partition coefficient (Wildman–Crippen LogP) is 1.49. The van der Waals surface area contributed by atoms with E-state index >= 15 is 0 Å². The lowest BCUT2D eigenvalue weighted by atomic mass is 10.2. The quantitative estimate of drug-likeness (QED) is 0.730. The first-order valence-electron chi connectivity index (χ1n) is 6.11. The van der Waals surface area contributed by atoms with Crippen LogP contribution in [0.3, 0.4) is 0 Å². The van der Waals surface area contributed by atoms with Crippen molar-refractivity contribution in [3.8, 4) is 0 Å². The van der Waals surface area contributed by atoms with E-state index in [0.29, 0.717) is 17.2 Å². The lowest BCUT2D eigenvalue weighted by molar-refractivity contribution is 0.840. The van der Waals surface area contributed by atoms with Gasteiger partial charge in [0.25, 0.3) is 5.56 Å². The zero-order chi connectivity index (χ0) is 14.1. The van der Waals surface area contributed by atoms with Gasteiger partial charge in [0.1, 0.15) is 0 Å². The minimum absolute atomic E-state index is 0.146. The number of rotatable bonds is 3. The maximum absolute atomic E-state index is 11.8. The minimum Gasteiger partial charge on any atom is -0.345 e. The topological polar surface area (TPSA) is 63.4 Å². The molecule has 3 aromatic rings. The van der Waals surface area contributed by atoms with Crippen LogP contribution in [-0.2, 0) is 6.54 Å². The van der Waals surface area contributed by atoms with E-state index in [9.17, 15) is 4.79 Å². The van der Waals surface area contributed by atoms with E-state index in [2.05, 4.69) is 15.1 Å². The molecule has 102 valence electrons. The molecule has 0 aliphatic rings. The minimum atomic E-state index is -0.146. The Balaban J connectivity index is 1.94. The molecular formula is C13H13N5OS. The molecule has 3 rings (SSSR count). The Labute approximate surface area is 119 Å². The third-order valence-corrected chi connectivity index (χ3v) is 3.88. The molecule has 0 radical (unpaired) electrons. The Hall–Kier alpha value is -2.28. The molecule has 0 aliphatic carbocycles. The first-order valence-corrected chi connectivity index (χ1v) is 6.93. The number of anilines is 1. The van der Waals surface area contributed by atoms with Crippen LogP contribution in [0.15, 0.2) is 35.4 Å². The largest absolute Gasteiger partial charge is 0.345 e. The molecule has 7 heteroatoms. The van der Waals surface area contributed by atoms with Crippen molar-refractivity contribution >= 4 is 21.4 Å². The van der Waals surface area contributed by atoms with Crippen LogP contribution < -0.4 is 10.5 Å². The van der Waals surface area contributed by atoms with E-state index < -0.39 is 0 Å². The molecule has 3 heterocycles. The Morgan fingerprint density at radius 3 is 2.85 bits per heavy atom. The van der Waals surface area contributed by atoms with Crippen molar-refractivity contribution in [2.45, 2.75) is 13.5 Å². The zero-order valence-corrected chi connectivity index (χ0v) is 12.0. The molecule has 6 nitrogen and oxygen atoms in total. The molecule has 0 fully saturated rings. The highest BCUT2D eigenvalue weighted by Gasteiger charge is 2.11. The summed E-state index contributed by atoms with van der Waals surface area (Å²) in [6.45, 7) is 2.51.